The number of carbonyl (C=O) groups is 2. The molecule has 3 aromatic rings. The van der Waals surface area contributed by atoms with E-state index < -0.39 is 21.0 Å². The summed E-state index contributed by atoms with van der Waals surface area (Å²) in [5.41, 5.74) is 1.90. The Bertz CT molecular complexity index is 1210. The van der Waals surface area contributed by atoms with Crippen LogP contribution in [0.3, 0.4) is 0 Å². The number of nitrogens with one attached hydrogen (secondary N) is 1. The normalized spacial score (nSPS) is 17.3. The Kier molecular flexibility index (Phi) is 6.37. The van der Waals surface area contributed by atoms with E-state index in [1.54, 1.807) is 48.5 Å². The molecule has 7 heteroatoms. The van der Waals surface area contributed by atoms with Gasteiger partial charge in [-0.3, -0.25) is 9.59 Å². The Morgan fingerprint density at radius 3 is 2.25 bits per heavy atom. The highest BCUT2D eigenvalue weighted by Crippen LogP contribution is 2.40. The van der Waals surface area contributed by atoms with E-state index in [4.69, 9.17) is 0 Å². The fourth-order valence-electron chi connectivity index (χ4n) is 3.92. The third kappa shape index (κ3) is 4.57. The molecule has 1 N–H and O–H groups in total. The minimum absolute atomic E-state index is 0.0665. The molecule has 0 saturated carbocycles. The SMILES string of the molecule is O=C(CN1C(=O)CC(c2ccccc2)S(=O)(=O)c2ccccc21)NCCc1ccccc1. The van der Waals surface area contributed by atoms with Crippen molar-refractivity contribution in [3.8, 4) is 0 Å². The van der Waals surface area contributed by atoms with Crippen LogP contribution < -0.4 is 10.2 Å². The van der Waals surface area contributed by atoms with Gasteiger partial charge >= 0.3 is 0 Å². The first-order valence-corrected chi connectivity index (χ1v) is 12.0. The van der Waals surface area contributed by atoms with Crippen LogP contribution in [0.2, 0.25) is 0 Å². The van der Waals surface area contributed by atoms with Crippen LogP contribution in [0.25, 0.3) is 0 Å². The number of rotatable bonds is 6. The Labute approximate surface area is 187 Å². The predicted molar refractivity (Wildman–Crippen MR) is 123 cm³/mol. The summed E-state index contributed by atoms with van der Waals surface area (Å²) in [6.07, 6.45) is 0.444. The molecule has 1 aliphatic rings. The number of para-hydroxylation sites is 1. The third-order valence-corrected chi connectivity index (χ3v) is 7.70. The van der Waals surface area contributed by atoms with E-state index in [9.17, 15) is 18.0 Å². The van der Waals surface area contributed by atoms with E-state index >= 15 is 0 Å². The van der Waals surface area contributed by atoms with E-state index in [1.807, 2.05) is 30.3 Å². The van der Waals surface area contributed by atoms with Gasteiger partial charge in [0.05, 0.1) is 15.8 Å². The molecule has 3 aromatic carbocycles. The molecule has 32 heavy (non-hydrogen) atoms. The lowest BCUT2D eigenvalue weighted by atomic mass is 10.1. The van der Waals surface area contributed by atoms with E-state index in [0.29, 0.717) is 18.5 Å². The first kappa shape index (κ1) is 21.8. The number of sulfone groups is 1. The molecule has 1 unspecified atom stereocenters. The molecule has 6 nitrogen and oxygen atoms in total. The Balaban J connectivity index is 1.56. The van der Waals surface area contributed by atoms with Gasteiger partial charge in [-0.25, -0.2) is 8.42 Å². The van der Waals surface area contributed by atoms with Crippen LogP contribution in [-0.2, 0) is 25.8 Å². The van der Waals surface area contributed by atoms with Gasteiger partial charge in [0, 0.05) is 13.0 Å². The van der Waals surface area contributed by atoms with Crippen molar-refractivity contribution in [1.82, 2.24) is 5.32 Å². The van der Waals surface area contributed by atoms with E-state index in [-0.39, 0.29) is 29.5 Å². The van der Waals surface area contributed by atoms with Crippen LogP contribution in [0.1, 0.15) is 22.8 Å². The Hall–Kier alpha value is -3.45. The summed E-state index contributed by atoms with van der Waals surface area (Å²) >= 11 is 0. The molecule has 1 heterocycles. The number of anilines is 1. The summed E-state index contributed by atoms with van der Waals surface area (Å²) in [5, 5.41) is 1.83. The number of carbonyl (C=O) groups excluding carboxylic acids is 2. The highest BCUT2D eigenvalue weighted by atomic mass is 32.2. The molecule has 164 valence electrons. The number of fused-ring (bicyclic) bond motifs is 1. The van der Waals surface area contributed by atoms with Crippen LogP contribution in [0.4, 0.5) is 5.69 Å². The van der Waals surface area contributed by atoms with Crippen molar-refractivity contribution in [2.24, 2.45) is 0 Å². The number of hydrogen-bond donors (Lipinski definition) is 1. The Morgan fingerprint density at radius 1 is 0.906 bits per heavy atom. The number of amides is 2. The van der Waals surface area contributed by atoms with Crippen LogP contribution in [0.15, 0.2) is 89.8 Å². The first-order chi connectivity index (χ1) is 15.5. The maximum absolute atomic E-state index is 13.5. The molecule has 0 fully saturated rings. The average molecular weight is 449 g/mol. The molecule has 0 radical (unpaired) electrons. The van der Waals surface area contributed by atoms with Gasteiger partial charge in [-0.15, -0.1) is 0 Å². The summed E-state index contributed by atoms with van der Waals surface area (Å²) < 4.78 is 26.9. The molecule has 0 saturated heterocycles. The van der Waals surface area contributed by atoms with Crippen molar-refractivity contribution in [3.63, 3.8) is 0 Å². The van der Waals surface area contributed by atoms with Crippen molar-refractivity contribution in [3.05, 3.63) is 96.1 Å². The molecule has 0 bridgehead atoms. The molecular weight excluding hydrogens is 424 g/mol. The van der Waals surface area contributed by atoms with Gasteiger partial charge in [0.15, 0.2) is 9.84 Å². The lowest BCUT2D eigenvalue weighted by Gasteiger charge is -2.21. The third-order valence-electron chi connectivity index (χ3n) is 5.55. The first-order valence-electron chi connectivity index (χ1n) is 10.5. The van der Waals surface area contributed by atoms with Crippen molar-refractivity contribution in [2.45, 2.75) is 23.0 Å². The molecule has 4 rings (SSSR count). The van der Waals surface area contributed by atoms with Crippen LogP contribution >= 0.6 is 0 Å². The molecule has 1 atom stereocenters. The van der Waals surface area contributed by atoms with Gasteiger partial charge in [0.25, 0.3) is 0 Å². The van der Waals surface area contributed by atoms with Gasteiger partial charge < -0.3 is 10.2 Å². The predicted octanol–water partition coefficient (Wildman–Crippen LogP) is 3.30. The second-order valence-electron chi connectivity index (χ2n) is 7.68. The van der Waals surface area contributed by atoms with Crippen molar-refractivity contribution < 1.29 is 18.0 Å². The van der Waals surface area contributed by atoms with Crippen LogP contribution in [0, 0.1) is 0 Å². The van der Waals surface area contributed by atoms with Crippen LogP contribution in [0.5, 0.6) is 0 Å². The quantitative estimate of drug-likeness (QED) is 0.627. The maximum Gasteiger partial charge on any atom is 0.240 e. The van der Waals surface area contributed by atoms with Gasteiger partial charge in [-0.1, -0.05) is 72.8 Å². The fraction of sp³-hybridized carbons (Fsp3) is 0.200. The van der Waals surface area contributed by atoms with Gasteiger partial charge in [0.1, 0.15) is 6.54 Å². The highest BCUT2D eigenvalue weighted by molar-refractivity contribution is 7.92. The lowest BCUT2D eigenvalue weighted by Crippen LogP contribution is -2.41. The summed E-state index contributed by atoms with van der Waals surface area (Å²) in [6.45, 7) is 0.194. The second kappa shape index (κ2) is 9.36. The summed E-state index contributed by atoms with van der Waals surface area (Å²) in [5.74, 6) is -0.731. The number of nitrogens with zero attached hydrogens (tertiary/aromatic N) is 1. The zero-order chi connectivity index (χ0) is 22.6. The number of hydrogen-bond acceptors (Lipinski definition) is 4. The van der Waals surface area contributed by atoms with Crippen molar-refractivity contribution in [2.75, 3.05) is 18.0 Å². The van der Waals surface area contributed by atoms with Gasteiger partial charge in [-0.05, 0) is 29.7 Å². The van der Waals surface area contributed by atoms with Crippen LogP contribution in [-0.4, -0.2) is 33.3 Å². The molecule has 0 spiro atoms. The summed E-state index contributed by atoms with van der Waals surface area (Å²) in [6, 6.07) is 24.9. The molecule has 0 aliphatic carbocycles. The van der Waals surface area contributed by atoms with E-state index in [1.165, 1.54) is 11.0 Å². The zero-order valence-corrected chi connectivity index (χ0v) is 18.3. The zero-order valence-electron chi connectivity index (χ0n) is 17.5. The number of benzene rings is 3. The lowest BCUT2D eigenvalue weighted by molar-refractivity contribution is -0.123. The highest BCUT2D eigenvalue weighted by Gasteiger charge is 2.39. The standard InChI is InChI=1S/C25H24N2O4S/c28-24(26-16-15-19-9-3-1-4-10-19)18-27-21-13-7-8-14-22(21)32(30,31)23(17-25(27)29)20-11-5-2-6-12-20/h1-14,23H,15-18H2,(H,26,28). The van der Waals surface area contributed by atoms with Gasteiger partial charge in [0.2, 0.25) is 11.8 Å². The average Bonchev–Trinajstić information content (AvgIpc) is 2.89. The molecular formula is C25H24N2O4S. The molecule has 1 aliphatic heterocycles. The topological polar surface area (TPSA) is 83.6 Å². The second-order valence-corrected chi connectivity index (χ2v) is 9.78. The summed E-state index contributed by atoms with van der Waals surface area (Å²) in [4.78, 5) is 27.1. The van der Waals surface area contributed by atoms with E-state index in [0.717, 1.165) is 5.56 Å². The van der Waals surface area contributed by atoms with E-state index in [2.05, 4.69) is 5.32 Å². The summed E-state index contributed by atoms with van der Waals surface area (Å²) in [7, 11) is -3.82. The minimum atomic E-state index is -3.82. The molecule has 2 amide bonds. The monoisotopic (exact) mass is 448 g/mol. The van der Waals surface area contributed by atoms with Crippen molar-refractivity contribution >= 4 is 27.3 Å². The molecule has 0 aromatic heterocycles. The fourth-order valence-corrected chi connectivity index (χ4v) is 5.84. The maximum atomic E-state index is 13.5. The largest absolute Gasteiger partial charge is 0.354 e. The van der Waals surface area contributed by atoms with Crippen molar-refractivity contribution in [1.29, 1.82) is 0 Å². The Morgan fingerprint density at radius 2 is 1.53 bits per heavy atom. The minimum Gasteiger partial charge on any atom is -0.354 e. The van der Waals surface area contributed by atoms with Gasteiger partial charge in [-0.2, -0.15) is 0 Å². The smallest absolute Gasteiger partial charge is 0.240 e.